The first-order valence-corrected chi connectivity index (χ1v) is 7.19. The fourth-order valence-corrected chi connectivity index (χ4v) is 1.68. The Morgan fingerprint density at radius 1 is 1.00 bits per heavy atom. The molecular formula is C16H26O4. The number of aliphatic hydroxyl groups excluding tert-OH is 1. The van der Waals surface area contributed by atoms with Crippen molar-refractivity contribution in [3.63, 3.8) is 0 Å². The normalized spacial score (nSPS) is 12.7. The van der Waals surface area contributed by atoms with Crippen LogP contribution in [0.5, 0.6) is 5.75 Å². The van der Waals surface area contributed by atoms with Crippen molar-refractivity contribution in [1.29, 1.82) is 0 Å². The van der Waals surface area contributed by atoms with Gasteiger partial charge in [-0.05, 0) is 30.5 Å². The Morgan fingerprint density at radius 2 is 1.60 bits per heavy atom. The second kappa shape index (κ2) is 9.75. The molecule has 1 rings (SSSR count). The molecule has 4 nitrogen and oxygen atoms in total. The van der Waals surface area contributed by atoms with E-state index in [0.717, 1.165) is 17.9 Å². The van der Waals surface area contributed by atoms with Gasteiger partial charge in [0.25, 0.3) is 0 Å². The zero-order valence-corrected chi connectivity index (χ0v) is 12.7. The predicted octanol–water partition coefficient (Wildman–Crippen LogP) is 2.81. The summed E-state index contributed by atoms with van der Waals surface area (Å²) < 4.78 is 16.2. The molecule has 1 atom stereocenters. The molecule has 0 aliphatic heterocycles. The standard InChI is InChI=1S/C16H26O4/c1-4-20-15-7-5-14(6-8-15)16(17)12-19-10-9-18-11-13(2)3/h5-8,13,16-17H,4,9-12H2,1-3H3. The maximum absolute atomic E-state index is 9.98. The van der Waals surface area contributed by atoms with Crippen LogP contribution in [0.15, 0.2) is 24.3 Å². The summed E-state index contributed by atoms with van der Waals surface area (Å²) in [4.78, 5) is 0. The Kier molecular flexibility index (Phi) is 8.26. The molecule has 1 aromatic rings. The molecule has 0 aliphatic carbocycles. The van der Waals surface area contributed by atoms with Gasteiger partial charge in [0.05, 0.1) is 26.4 Å². The molecule has 0 aliphatic rings. The molecule has 0 saturated carbocycles. The molecule has 1 unspecified atom stereocenters. The number of hydrogen-bond donors (Lipinski definition) is 1. The van der Waals surface area contributed by atoms with Gasteiger partial charge in [-0.1, -0.05) is 26.0 Å². The number of hydrogen-bond acceptors (Lipinski definition) is 4. The number of benzene rings is 1. The van der Waals surface area contributed by atoms with Crippen LogP contribution in [0, 0.1) is 5.92 Å². The van der Waals surface area contributed by atoms with Gasteiger partial charge in [-0.2, -0.15) is 0 Å². The highest BCUT2D eigenvalue weighted by atomic mass is 16.5. The van der Waals surface area contributed by atoms with E-state index >= 15 is 0 Å². The van der Waals surface area contributed by atoms with Crippen LogP contribution in [0.1, 0.15) is 32.4 Å². The summed E-state index contributed by atoms with van der Waals surface area (Å²) in [6.07, 6.45) is -0.615. The topological polar surface area (TPSA) is 47.9 Å². The highest BCUT2D eigenvalue weighted by molar-refractivity contribution is 5.28. The van der Waals surface area contributed by atoms with Crippen LogP contribution in [0.2, 0.25) is 0 Å². The van der Waals surface area contributed by atoms with Gasteiger partial charge in [-0.15, -0.1) is 0 Å². The predicted molar refractivity (Wildman–Crippen MR) is 79.0 cm³/mol. The van der Waals surface area contributed by atoms with E-state index in [1.54, 1.807) is 0 Å². The van der Waals surface area contributed by atoms with E-state index in [2.05, 4.69) is 13.8 Å². The molecule has 0 radical (unpaired) electrons. The minimum atomic E-state index is -0.615. The van der Waals surface area contributed by atoms with Crippen LogP contribution in [0.3, 0.4) is 0 Å². The fourth-order valence-electron chi connectivity index (χ4n) is 1.68. The van der Waals surface area contributed by atoms with Crippen molar-refractivity contribution < 1.29 is 19.3 Å². The van der Waals surface area contributed by atoms with Crippen molar-refractivity contribution in [2.45, 2.75) is 26.9 Å². The van der Waals surface area contributed by atoms with Crippen molar-refractivity contribution in [1.82, 2.24) is 0 Å². The van der Waals surface area contributed by atoms with Crippen molar-refractivity contribution in [3.8, 4) is 5.75 Å². The van der Waals surface area contributed by atoms with Gasteiger partial charge in [-0.25, -0.2) is 0 Å². The van der Waals surface area contributed by atoms with Crippen molar-refractivity contribution in [2.24, 2.45) is 5.92 Å². The molecule has 114 valence electrons. The van der Waals surface area contributed by atoms with Crippen LogP contribution < -0.4 is 4.74 Å². The first-order chi connectivity index (χ1) is 9.63. The summed E-state index contributed by atoms with van der Waals surface area (Å²) in [5.41, 5.74) is 0.830. The third kappa shape index (κ3) is 6.89. The summed E-state index contributed by atoms with van der Waals surface area (Å²) in [6, 6.07) is 7.42. The molecule has 4 heteroatoms. The number of rotatable bonds is 10. The lowest BCUT2D eigenvalue weighted by atomic mass is 10.1. The van der Waals surface area contributed by atoms with E-state index in [1.165, 1.54) is 0 Å². The third-order valence-electron chi connectivity index (χ3n) is 2.67. The number of ether oxygens (including phenoxy) is 3. The highest BCUT2D eigenvalue weighted by Gasteiger charge is 2.07. The second-order valence-corrected chi connectivity index (χ2v) is 5.06. The first-order valence-electron chi connectivity index (χ1n) is 7.19. The summed E-state index contributed by atoms with van der Waals surface area (Å²) >= 11 is 0. The van der Waals surface area contributed by atoms with E-state index in [4.69, 9.17) is 14.2 Å². The Bertz CT molecular complexity index is 348. The first kappa shape index (κ1) is 17.0. The molecule has 0 amide bonds. The van der Waals surface area contributed by atoms with Crippen molar-refractivity contribution in [2.75, 3.05) is 33.0 Å². The van der Waals surface area contributed by atoms with E-state index in [-0.39, 0.29) is 6.61 Å². The molecule has 20 heavy (non-hydrogen) atoms. The highest BCUT2D eigenvalue weighted by Crippen LogP contribution is 2.18. The monoisotopic (exact) mass is 282 g/mol. The van der Waals surface area contributed by atoms with Gasteiger partial charge >= 0.3 is 0 Å². The fraction of sp³-hybridized carbons (Fsp3) is 0.625. The van der Waals surface area contributed by atoms with Crippen LogP contribution in [0.25, 0.3) is 0 Å². The smallest absolute Gasteiger partial charge is 0.119 e. The van der Waals surface area contributed by atoms with Gasteiger partial charge in [0.1, 0.15) is 11.9 Å². The Hall–Kier alpha value is -1.10. The molecule has 0 bridgehead atoms. The summed E-state index contributed by atoms with van der Waals surface area (Å²) in [5.74, 6) is 1.34. The van der Waals surface area contributed by atoms with Crippen molar-refractivity contribution in [3.05, 3.63) is 29.8 Å². The van der Waals surface area contributed by atoms with Gasteiger partial charge in [0, 0.05) is 6.61 Å². The van der Waals surface area contributed by atoms with Crippen LogP contribution >= 0.6 is 0 Å². The Labute approximate surface area is 121 Å². The number of aliphatic hydroxyl groups is 1. The Morgan fingerprint density at radius 3 is 2.15 bits per heavy atom. The van der Waals surface area contributed by atoms with Crippen LogP contribution in [0.4, 0.5) is 0 Å². The second-order valence-electron chi connectivity index (χ2n) is 5.06. The van der Waals surface area contributed by atoms with Crippen LogP contribution in [-0.4, -0.2) is 38.1 Å². The molecule has 0 fully saturated rings. The van der Waals surface area contributed by atoms with Gasteiger partial charge < -0.3 is 19.3 Å². The SMILES string of the molecule is CCOc1ccc(C(O)COCCOCC(C)C)cc1. The minimum absolute atomic E-state index is 0.277. The lowest BCUT2D eigenvalue weighted by Gasteiger charge is -2.13. The molecular weight excluding hydrogens is 256 g/mol. The van der Waals surface area contributed by atoms with E-state index in [9.17, 15) is 5.11 Å². The van der Waals surface area contributed by atoms with E-state index < -0.39 is 6.10 Å². The summed E-state index contributed by atoms with van der Waals surface area (Å²) in [6.45, 7) is 8.88. The lowest BCUT2D eigenvalue weighted by Crippen LogP contribution is -2.12. The zero-order chi connectivity index (χ0) is 14.8. The minimum Gasteiger partial charge on any atom is -0.494 e. The lowest BCUT2D eigenvalue weighted by molar-refractivity contribution is -0.00123. The maximum Gasteiger partial charge on any atom is 0.119 e. The van der Waals surface area contributed by atoms with E-state index in [1.807, 2.05) is 31.2 Å². The maximum atomic E-state index is 9.98. The Balaban J connectivity index is 2.20. The molecule has 0 spiro atoms. The van der Waals surface area contributed by atoms with Crippen LogP contribution in [-0.2, 0) is 9.47 Å². The summed E-state index contributed by atoms with van der Waals surface area (Å²) in [5, 5.41) is 9.98. The average Bonchev–Trinajstić information content (AvgIpc) is 2.43. The van der Waals surface area contributed by atoms with Crippen molar-refractivity contribution >= 4 is 0 Å². The molecule has 1 N–H and O–H groups in total. The average molecular weight is 282 g/mol. The largest absolute Gasteiger partial charge is 0.494 e. The quantitative estimate of drug-likeness (QED) is 0.670. The molecule has 0 aromatic heterocycles. The molecule has 0 heterocycles. The third-order valence-corrected chi connectivity index (χ3v) is 2.67. The van der Waals surface area contributed by atoms with Gasteiger partial charge in [-0.3, -0.25) is 0 Å². The molecule has 0 saturated heterocycles. The summed E-state index contributed by atoms with van der Waals surface area (Å²) in [7, 11) is 0. The van der Waals surface area contributed by atoms with E-state index in [0.29, 0.717) is 25.7 Å². The van der Waals surface area contributed by atoms with Gasteiger partial charge in [0.15, 0.2) is 0 Å². The zero-order valence-electron chi connectivity index (χ0n) is 12.7. The molecule has 1 aromatic carbocycles. The van der Waals surface area contributed by atoms with Gasteiger partial charge in [0.2, 0.25) is 0 Å².